The predicted molar refractivity (Wildman–Crippen MR) is 90.5 cm³/mol. The Labute approximate surface area is 147 Å². The van der Waals surface area contributed by atoms with Crippen LogP contribution in [-0.4, -0.2) is 33.0 Å². The normalized spacial score (nSPS) is 11.5. The third kappa shape index (κ3) is 3.99. The Balaban J connectivity index is 2.20. The van der Waals surface area contributed by atoms with Gasteiger partial charge in [0.25, 0.3) is 15.9 Å². The average molecular weight is 417 g/mol. The van der Waals surface area contributed by atoms with E-state index in [1.54, 1.807) is 6.07 Å². The predicted octanol–water partition coefficient (Wildman–Crippen LogP) is 3.02. The van der Waals surface area contributed by atoms with Gasteiger partial charge in [-0.25, -0.2) is 12.8 Å². The van der Waals surface area contributed by atoms with Crippen molar-refractivity contribution in [1.29, 1.82) is 0 Å². The molecule has 0 heterocycles. The number of anilines is 1. The van der Waals surface area contributed by atoms with Crippen LogP contribution in [0.15, 0.2) is 51.8 Å². The van der Waals surface area contributed by atoms with Crippen LogP contribution in [0, 0.1) is 5.82 Å². The molecular formula is C15H14BrFN2O4S. The zero-order valence-electron chi connectivity index (χ0n) is 12.8. The summed E-state index contributed by atoms with van der Waals surface area (Å²) in [6.07, 6.45) is 0. The van der Waals surface area contributed by atoms with Gasteiger partial charge in [0, 0.05) is 17.1 Å². The van der Waals surface area contributed by atoms with Gasteiger partial charge in [-0.2, -0.15) is 0 Å². The molecule has 0 aromatic heterocycles. The van der Waals surface area contributed by atoms with Gasteiger partial charge >= 0.3 is 0 Å². The fourth-order valence-electron chi connectivity index (χ4n) is 1.81. The number of carbonyl (C=O) groups is 1. The lowest BCUT2D eigenvalue weighted by Gasteiger charge is -2.14. The van der Waals surface area contributed by atoms with Crippen molar-refractivity contribution in [1.82, 2.24) is 4.47 Å². The Bertz CT molecular complexity index is 856. The molecule has 2 rings (SSSR count). The lowest BCUT2D eigenvalue weighted by atomic mass is 10.2. The minimum atomic E-state index is -3.79. The van der Waals surface area contributed by atoms with Crippen molar-refractivity contribution in [3.05, 3.63) is 58.3 Å². The topological polar surface area (TPSA) is 75.7 Å². The van der Waals surface area contributed by atoms with Gasteiger partial charge in [0.1, 0.15) is 5.82 Å². The van der Waals surface area contributed by atoms with Crippen molar-refractivity contribution >= 4 is 37.5 Å². The summed E-state index contributed by atoms with van der Waals surface area (Å²) in [5.74, 6) is -1.14. The summed E-state index contributed by atoms with van der Waals surface area (Å²) < 4.78 is 39.1. The molecule has 2 aromatic rings. The molecule has 9 heteroatoms. The van der Waals surface area contributed by atoms with Gasteiger partial charge < -0.3 is 5.32 Å². The molecular weight excluding hydrogens is 403 g/mol. The summed E-state index contributed by atoms with van der Waals surface area (Å²) in [7, 11) is -1.30. The van der Waals surface area contributed by atoms with E-state index in [1.807, 2.05) is 0 Å². The van der Waals surface area contributed by atoms with Crippen molar-refractivity contribution in [3.8, 4) is 0 Å². The largest absolute Gasteiger partial charge is 0.319 e. The monoisotopic (exact) mass is 416 g/mol. The van der Waals surface area contributed by atoms with Crippen molar-refractivity contribution in [2.75, 3.05) is 19.5 Å². The molecule has 0 aliphatic carbocycles. The Morgan fingerprint density at radius 2 is 1.83 bits per heavy atom. The highest BCUT2D eigenvalue weighted by atomic mass is 79.9. The Morgan fingerprint density at radius 3 is 2.38 bits per heavy atom. The molecule has 0 radical (unpaired) electrons. The number of hydroxylamine groups is 1. The SMILES string of the molecule is CON(C)S(=O)(=O)c1ccc(C(=O)Nc2ccc(Br)cc2F)cc1. The van der Waals surface area contributed by atoms with Crippen LogP contribution in [0.4, 0.5) is 10.1 Å². The standard InChI is InChI=1S/C15H14BrFN2O4S/c1-19(23-2)24(21,22)12-6-3-10(4-7-12)15(20)18-14-8-5-11(16)9-13(14)17/h3-9H,1-2H3,(H,18,20). The molecule has 0 aliphatic heterocycles. The first kappa shape index (κ1) is 18.5. The minimum absolute atomic E-state index is 0.0269. The maximum atomic E-state index is 13.7. The summed E-state index contributed by atoms with van der Waals surface area (Å²) >= 11 is 3.13. The van der Waals surface area contributed by atoms with Gasteiger partial charge in [-0.1, -0.05) is 20.4 Å². The van der Waals surface area contributed by atoms with E-state index in [4.69, 9.17) is 0 Å². The molecule has 2 aromatic carbocycles. The highest BCUT2D eigenvalue weighted by Crippen LogP contribution is 2.21. The van der Waals surface area contributed by atoms with Crippen LogP contribution in [0.1, 0.15) is 10.4 Å². The van der Waals surface area contributed by atoms with Crippen LogP contribution in [0.25, 0.3) is 0 Å². The van der Waals surface area contributed by atoms with Crippen molar-refractivity contribution in [3.63, 3.8) is 0 Å². The molecule has 6 nitrogen and oxygen atoms in total. The zero-order valence-corrected chi connectivity index (χ0v) is 15.2. The second kappa shape index (κ2) is 7.39. The zero-order chi connectivity index (χ0) is 17.9. The second-order valence-corrected chi connectivity index (χ2v) is 7.55. The molecule has 0 saturated heterocycles. The second-order valence-electron chi connectivity index (χ2n) is 4.70. The molecule has 1 amide bonds. The highest BCUT2D eigenvalue weighted by Gasteiger charge is 2.21. The minimum Gasteiger partial charge on any atom is -0.319 e. The van der Waals surface area contributed by atoms with Crippen molar-refractivity contribution in [2.24, 2.45) is 0 Å². The van der Waals surface area contributed by atoms with Gasteiger partial charge in [-0.15, -0.1) is 0 Å². The lowest BCUT2D eigenvalue weighted by Crippen LogP contribution is -2.25. The lowest BCUT2D eigenvalue weighted by molar-refractivity contribution is -0.0258. The highest BCUT2D eigenvalue weighted by molar-refractivity contribution is 9.10. The van der Waals surface area contributed by atoms with E-state index >= 15 is 0 Å². The van der Waals surface area contributed by atoms with Gasteiger partial charge in [0.15, 0.2) is 0 Å². The Kier molecular flexibility index (Phi) is 5.70. The molecule has 0 fully saturated rings. The van der Waals surface area contributed by atoms with Crippen LogP contribution in [0.2, 0.25) is 0 Å². The molecule has 0 atom stereocenters. The summed E-state index contributed by atoms with van der Waals surface area (Å²) in [6, 6.07) is 9.46. The van der Waals surface area contributed by atoms with E-state index in [9.17, 15) is 17.6 Å². The number of rotatable bonds is 5. The third-order valence-corrected chi connectivity index (χ3v) is 5.38. The van der Waals surface area contributed by atoms with Crippen molar-refractivity contribution < 1.29 is 22.4 Å². The number of benzene rings is 2. The summed E-state index contributed by atoms with van der Waals surface area (Å²) in [5, 5.41) is 2.43. The van der Waals surface area contributed by atoms with E-state index in [1.165, 1.54) is 50.6 Å². The Morgan fingerprint density at radius 1 is 1.21 bits per heavy atom. The van der Waals surface area contributed by atoms with Crippen LogP contribution in [0.5, 0.6) is 0 Å². The van der Waals surface area contributed by atoms with E-state index in [2.05, 4.69) is 26.1 Å². The van der Waals surface area contributed by atoms with Crippen LogP contribution in [-0.2, 0) is 14.9 Å². The molecule has 0 aliphatic rings. The van der Waals surface area contributed by atoms with Gasteiger partial charge in [-0.05, 0) is 42.5 Å². The average Bonchev–Trinajstić information content (AvgIpc) is 2.56. The van der Waals surface area contributed by atoms with E-state index < -0.39 is 21.7 Å². The third-order valence-electron chi connectivity index (χ3n) is 3.19. The maximum Gasteiger partial charge on any atom is 0.264 e. The number of nitrogens with zero attached hydrogens (tertiary/aromatic N) is 1. The number of hydrogen-bond donors (Lipinski definition) is 1. The smallest absolute Gasteiger partial charge is 0.264 e. The first-order valence-electron chi connectivity index (χ1n) is 6.65. The summed E-state index contributed by atoms with van der Waals surface area (Å²) in [5.41, 5.74) is 0.218. The summed E-state index contributed by atoms with van der Waals surface area (Å²) in [4.78, 5) is 16.8. The van der Waals surface area contributed by atoms with Gasteiger partial charge in [0.05, 0.1) is 17.7 Å². The first-order valence-corrected chi connectivity index (χ1v) is 8.88. The van der Waals surface area contributed by atoms with E-state index in [0.29, 0.717) is 8.94 Å². The van der Waals surface area contributed by atoms with Crippen molar-refractivity contribution in [2.45, 2.75) is 4.90 Å². The van der Waals surface area contributed by atoms with Gasteiger partial charge in [0.2, 0.25) is 0 Å². The van der Waals surface area contributed by atoms with Crippen LogP contribution >= 0.6 is 15.9 Å². The number of nitrogens with one attached hydrogen (secondary N) is 1. The molecule has 0 saturated carbocycles. The molecule has 0 bridgehead atoms. The Hall–Kier alpha value is -1.81. The summed E-state index contributed by atoms with van der Waals surface area (Å²) in [6.45, 7) is 0. The molecule has 1 N–H and O–H groups in total. The van der Waals surface area contributed by atoms with Crippen LogP contribution in [0.3, 0.4) is 0 Å². The number of halogens is 2. The fourth-order valence-corrected chi connectivity index (χ4v) is 3.12. The number of amides is 1. The molecule has 128 valence electrons. The molecule has 0 spiro atoms. The number of sulfonamides is 1. The van der Waals surface area contributed by atoms with Crippen LogP contribution < -0.4 is 5.32 Å². The number of carbonyl (C=O) groups excluding carboxylic acids is 1. The van der Waals surface area contributed by atoms with Gasteiger partial charge in [-0.3, -0.25) is 9.63 Å². The number of hydrogen-bond acceptors (Lipinski definition) is 4. The molecule has 24 heavy (non-hydrogen) atoms. The maximum absolute atomic E-state index is 13.7. The van der Waals surface area contributed by atoms with E-state index in [-0.39, 0.29) is 16.1 Å². The van der Waals surface area contributed by atoms with E-state index in [0.717, 1.165) is 0 Å². The molecule has 0 unspecified atom stereocenters. The first-order chi connectivity index (χ1) is 11.3. The fraction of sp³-hybridized carbons (Fsp3) is 0.133. The quantitative estimate of drug-likeness (QED) is 0.759.